The first-order valence-corrected chi connectivity index (χ1v) is 9.72. The van der Waals surface area contributed by atoms with Gasteiger partial charge in [-0.05, 0) is 36.8 Å². The van der Waals surface area contributed by atoms with Crippen LogP contribution in [0.5, 0.6) is 0 Å². The van der Waals surface area contributed by atoms with Gasteiger partial charge in [-0.3, -0.25) is 0 Å². The second-order valence-electron chi connectivity index (χ2n) is 6.29. The molecule has 4 nitrogen and oxygen atoms in total. The number of rotatable bonds is 7. The number of aliphatic imine (C=N–C) groups is 1. The Bertz CT molecular complexity index is 631. The van der Waals surface area contributed by atoms with Crippen LogP contribution in [0.25, 0.3) is 0 Å². The number of oxime groups is 1. The maximum atomic E-state index is 6.41. The lowest BCUT2D eigenvalue weighted by molar-refractivity contribution is 0.103. The van der Waals surface area contributed by atoms with Crippen molar-refractivity contribution < 1.29 is 4.84 Å². The van der Waals surface area contributed by atoms with E-state index in [1.165, 1.54) is 0 Å². The fourth-order valence-corrected chi connectivity index (χ4v) is 3.29. The van der Waals surface area contributed by atoms with E-state index in [2.05, 4.69) is 37.8 Å². The third kappa shape index (κ3) is 5.15. The van der Waals surface area contributed by atoms with Gasteiger partial charge >= 0.3 is 0 Å². The molecule has 1 unspecified atom stereocenters. The van der Waals surface area contributed by atoms with Gasteiger partial charge in [-0.15, -0.1) is 0 Å². The number of aryl methyl sites for hydroxylation is 1. The molecular weight excluding hydrogens is 342 g/mol. The molecule has 1 aliphatic heterocycles. The topological polar surface area (TPSA) is 37.2 Å². The van der Waals surface area contributed by atoms with Crippen molar-refractivity contribution in [3.05, 3.63) is 28.3 Å². The fourth-order valence-electron chi connectivity index (χ4n) is 2.30. The molecule has 0 bridgehead atoms. The molecule has 1 heterocycles. The Labute approximate surface area is 154 Å². The highest BCUT2D eigenvalue weighted by molar-refractivity contribution is 7.99. The summed E-state index contributed by atoms with van der Waals surface area (Å²) >= 11 is 8.31. The maximum absolute atomic E-state index is 6.41. The van der Waals surface area contributed by atoms with Gasteiger partial charge in [0.25, 0.3) is 0 Å². The van der Waals surface area contributed by atoms with Crippen LogP contribution in [0.4, 0.5) is 5.69 Å². The lowest BCUT2D eigenvalue weighted by atomic mass is 10.00. The Balaban J connectivity index is 2.10. The summed E-state index contributed by atoms with van der Waals surface area (Å²) in [6, 6.07) is 3.96. The summed E-state index contributed by atoms with van der Waals surface area (Å²) in [4.78, 5) is 12.0. The van der Waals surface area contributed by atoms with E-state index in [4.69, 9.17) is 16.4 Å². The second-order valence-corrected chi connectivity index (χ2v) is 8.30. The summed E-state index contributed by atoms with van der Waals surface area (Å²) in [5.74, 6) is 0.961. The normalized spacial score (nSPS) is 17.5. The number of benzene rings is 1. The van der Waals surface area contributed by atoms with Gasteiger partial charge < -0.3 is 9.74 Å². The van der Waals surface area contributed by atoms with Gasteiger partial charge in [0.2, 0.25) is 0 Å². The summed E-state index contributed by atoms with van der Waals surface area (Å²) in [6.45, 7) is 9.43. The molecule has 1 aliphatic rings. The molecule has 0 amide bonds. The van der Waals surface area contributed by atoms with Gasteiger partial charge in [-0.2, -0.15) is 11.8 Å². The first kappa shape index (κ1) is 19.1. The highest BCUT2D eigenvalue weighted by atomic mass is 35.5. The average Bonchev–Trinajstić information content (AvgIpc) is 3.01. The van der Waals surface area contributed by atoms with Crippen LogP contribution in [0.3, 0.4) is 0 Å². The van der Waals surface area contributed by atoms with Crippen molar-refractivity contribution in [3.63, 3.8) is 0 Å². The SMILES string of the molecule is CCN(C)C=Nc1cc(C)c(C2=NOC(CSC(C)C)C2)cc1Cl. The van der Waals surface area contributed by atoms with Crippen LogP contribution in [0.15, 0.2) is 22.3 Å². The van der Waals surface area contributed by atoms with E-state index in [1.54, 1.807) is 6.34 Å². The molecule has 0 saturated heterocycles. The molecule has 0 spiro atoms. The summed E-state index contributed by atoms with van der Waals surface area (Å²) in [5, 5.41) is 5.52. The van der Waals surface area contributed by atoms with Crippen molar-refractivity contribution in [1.82, 2.24) is 4.90 Å². The number of hydrogen-bond donors (Lipinski definition) is 0. The van der Waals surface area contributed by atoms with Crippen molar-refractivity contribution in [2.24, 2.45) is 10.1 Å². The number of thioether (sulfide) groups is 1. The van der Waals surface area contributed by atoms with Crippen LogP contribution in [0.2, 0.25) is 5.02 Å². The summed E-state index contributed by atoms with van der Waals surface area (Å²) in [6.07, 6.45) is 2.79. The maximum Gasteiger partial charge on any atom is 0.142 e. The Kier molecular flexibility index (Phi) is 6.99. The minimum Gasteiger partial charge on any atom is -0.391 e. The lowest BCUT2D eigenvalue weighted by Crippen LogP contribution is -2.14. The third-order valence-electron chi connectivity index (χ3n) is 3.85. The molecule has 0 saturated carbocycles. The highest BCUT2D eigenvalue weighted by Gasteiger charge is 2.24. The van der Waals surface area contributed by atoms with Crippen molar-refractivity contribution in [1.29, 1.82) is 0 Å². The van der Waals surface area contributed by atoms with Crippen molar-refractivity contribution in [2.45, 2.75) is 45.5 Å². The van der Waals surface area contributed by atoms with E-state index in [1.807, 2.05) is 35.8 Å². The first-order chi connectivity index (χ1) is 11.4. The predicted octanol–water partition coefficient (Wildman–Crippen LogP) is 4.89. The summed E-state index contributed by atoms with van der Waals surface area (Å²) < 4.78 is 0. The molecule has 1 aromatic rings. The largest absolute Gasteiger partial charge is 0.391 e. The third-order valence-corrected chi connectivity index (χ3v) is 5.38. The molecule has 6 heteroatoms. The van der Waals surface area contributed by atoms with Crippen LogP contribution < -0.4 is 0 Å². The zero-order valence-electron chi connectivity index (χ0n) is 15.0. The Morgan fingerprint density at radius 3 is 2.92 bits per heavy atom. The zero-order chi connectivity index (χ0) is 17.7. The molecule has 0 aliphatic carbocycles. The fraction of sp³-hybridized carbons (Fsp3) is 0.556. The molecular formula is C18H26ClN3OS. The quantitative estimate of drug-likeness (QED) is 0.508. The number of halogens is 1. The highest BCUT2D eigenvalue weighted by Crippen LogP contribution is 2.31. The molecule has 0 radical (unpaired) electrons. The second kappa shape index (κ2) is 8.77. The standard InChI is InChI=1S/C18H26ClN3OS/c1-6-22(5)11-20-18-7-13(4)15(9-16(18)19)17-8-14(23-21-17)10-24-12(2)3/h7,9,11-12,14H,6,8,10H2,1-5H3. The lowest BCUT2D eigenvalue weighted by Gasteiger charge is -2.11. The molecule has 2 rings (SSSR count). The molecule has 0 aromatic heterocycles. The van der Waals surface area contributed by atoms with Crippen molar-refractivity contribution in [3.8, 4) is 0 Å². The molecule has 0 fully saturated rings. The van der Waals surface area contributed by atoms with E-state index in [0.717, 1.165) is 41.2 Å². The van der Waals surface area contributed by atoms with Gasteiger partial charge in [-0.25, -0.2) is 4.99 Å². The molecule has 24 heavy (non-hydrogen) atoms. The summed E-state index contributed by atoms with van der Waals surface area (Å²) in [5.41, 5.74) is 3.93. The average molecular weight is 368 g/mol. The Morgan fingerprint density at radius 1 is 1.50 bits per heavy atom. The van der Waals surface area contributed by atoms with Gasteiger partial charge in [0.05, 0.1) is 22.8 Å². The van der Waals surface area contributed by atoms with E-state index in [9.17, 15) is 0 Å². The predicted molar refractivity (Wildman–Crippen MR) is 106 cm³/mol. The smallest absolute Gasteiger partial charge is 0.142 e. The zero-order valence-corrected chi connectivity index (χ0v) is 16.6. The summed E-state index contributed by atoms with van der Waals surface area (Å²) in [7, 11) is 1.98. The van der Waals surface area contributed by atoms with Crippen LogP contribution in [-0.2, 0) is 4.84 Å². The number of hydrogen-bond acceptors (Lipinski definition) is 4. The van der Waals surface area contributed by atoms with Crippen molar-refractivity contribution >= 4 is 41.1 Å². The molecule has 0 N–H and O–H groups in total. The van der Waals surface area contributed by atoms with Gasteiger partial charge in [0, 0.05) is 31.3 Å². The van der Waals surface area contributed by atoms with Crippen LogP contribution in [0, 0.1) is 6.92 Å². The molecule has 1 atom stereocenters. The van der Waals surface area contributed by atoms with Crippen LogP contribution >= 0.6 is 23.4 Å². The van der Waals surface area contributed by atoms with Gasteiger partial charge in [0.15, 0.2) is 0 Å². The minimum absolute atomic E-state index is 0.154. The van der Waals surface area contributed by atoms with Gasteiger partial charge in [0.1, 0.15) is 6.10 Å². The minimum atomic E-state index is 0.154. The monoisotopic (exact) mass is 367 g/mol. The number of nitrogens with zero attached hydrogens (tertiary/aromatic N) is 3. The van der Waals surface area contributed by atoms with Crippen molar-refractivity contribution in [2.75, 3.05) is 19.3 Å². The van der Waals surface area contributed by atoms with Gasteiger partial charge in [-0.1, -0.05) is 30.6 Å². The molecule has 132 valence electrons. The molecule has 1 aromatic carbocycles. The Morgan fingerprint density at radius 2 is 2.25 bits per heavy atom. The Hall–Kier alpha value is -1.20. The van der Waals surface area contributed by atoms with Crippen LogP contribution in [-0.4, -0.2) is 47.6 Å². The van der Waals surface area contributed by atoms with E-state index in [-0.39, 0.29) is 6.10 Å². The van der Waals surface area contributed by atoms with E-state index >= 15 is 0 Å². The van der Waals surface area contributed by atoms with E-state index < -0.39 is 0 Å². The van der Waals surface area contributed by atoms with E-state index in [0.29, 0.717) is 10.3 Å². The van der Waals surface area contributed by atoms with Crippen LogP contribution in [0.1, 0.15) is 38.3 Å². The first-order valence-electron chi connectivity index (χ1n) is 8.30.